The van der Waals surface area contributed by atoms with Crippen LogP contribution < -0.4 is 25.0 Å². The Labute approximate surface area is 291 Å². The predicted molar refractivity (Wildman–Crippen MR) is 187 cm³/mol. The van der Waals surface area contributed by atoms with E-state index in [9.17, 15) is 14.0 Å². The van der Waals surface area contributed by atoms with Crippen molar-refractivity contribution in [3.05, 3.63) is 119 Å². The molecule has 6 aromatic rings. The molecule has 51 heavy (non-hydrogen) atoms. The Hall–Kier alpha value is -5.92. The first-order chi connectivity index (χ1) is 24.9. The van der Waals surface area contributed by atoms with Crippen LogP contribution in [0.25, 0.3) is 27.5 Å². The van der Waals surface area contributed by atoms with Crippen LogP contribution in [0.15, 0.2) is 95.9 Å². The standard InChI is InChI=1S/C38H33F2N5O6/c1-48-34-22-28-30(23-35(34)50-18-4-15-44-16-19-49-20-17-44)41-14-13-32(28)51-33-12-9-25(21-29(33)40)42-38(47)36-37(46)27-5-2-3-6-31(27)45(43-36)26-10-7-24(39)8-11-26/h2-3,5-14,21-23H,4,15-20H2,1H3,(H,42,47). The highest BCUT2D eigenvalue weighted by atomic mass is 19.1. The van der Waals surface area contributed by atoms with Gasteiger partial charge in [0.2, 0.25) is 5.43 Å². The second-order valence-corrected chi connectivity index (χ2v) is 11.8. The first-order valence-electron chi connectivity index (χ1n) is 16.3. The van der Waals surface area contributed by atoms with E-state index in [2.05, 4.69) is 20.3 Å². The van der Waals surface area contributed by atoms with Crippen molar-refractivity contribution in [3.8, 4) is 28.7 Å². The maximum absolute atomic E-state index is 15.5. The van der Waals surface area contributed by atoms with E-state index >= 15 is 4.39 Å². The van der Waals surface area contributed by atoms with Crippen molar-refractivity contribution >= 4 is 33.4 Å². The second kappa shape index (κ2) is 14.9. The number of rotatable bonds is 11. The molecule has 0 atom stereocenters. The third kappa shape index (κ3) is 7.35. The van der Waals surface area contributed by atoms with E-state index < -0.39 is 28.7 Å². The third-order valence-electron chi connectivity index (χ3n) is 8.45. The average molecular weight is 694 g/mol. The molecule has 11 nitrogen and oxygen atoms in total. The molecule has 0 saturated carbocycles. The first kappa shape index (κ1) is 33.6. The molecule has 260 valence electrons. The van der Waals surface area contributed by atoms with Crippen LogP contribution in [-0.4, -0.2) is 72.1 Å². The Morgan fingerprint density at radius 2 is 1.71 bits per heavy atom. The highest BCUT2D eigenvalue weighted by Crippen LogP contribution is 2.38. The van der Waals surface area contributed by atoms with Gasteiger partial charge in [0.1, 0.15) is 11.6 Å². The molecule has 0 unspecified atom stereocenters. The number of halogens is 2. The van der Waals surface area contributed by atoms with E-state index in [-0.39, 0.29) is 16.8 Å². The van der Waals surface area contributed by atoms with E-state index in [1.165, 1.54) is 48.2 Å². The van der Waals surface area contributed by atoms with Crippen molar-refractivity contribution in [1.82, 2.24) is 19.7 Å². The zero-order valence-electron chi connectivity index (χ0n) is 27.6. The van der Waals surface area contributed by atoms with Gasteiger partial charge >= 0.3 is 0 Å². The first-order valence-corrected chi connectivity index (χ1v) is 16.3. The normalized spacial score (nSPS) is 13.3. The lowest BCUT2D eigenvalue weighted by Crippen LogP contribution is -2.37. The Morgan fingerprint density at radius 3 is 2.49 bits per heavy atom. The molecule has 3 heterocycles. The van der Waals surface area contributed by atoms with Gasteiger partial charge in [-0.05, 0) is 67.1 Å². The SMILES string of the molecule is COc1cc2c(Oc3ccc(NC(=O)c4nn(-c5ccc(F)cc5)c5ccccc5c4=O)cc3F)ccnc2cc1OCCCN1CCOCC1. The molecular formula is C38H33F2N5O6. The number of anilines is 1. The van der Waals surface area contributed by atoms with Crippen LogP contribution in [0.3, 0.4) is 0 Å². The van der Waals surface area contributed by atoms with Crippen molar-refractivity contribution in [2.75, 3.05) is 51.9 Å². The topological polar surface area (TPSA) is 117 Å². The van der Waals surface area contributed by atoms with Crippen molar-refractivity contribution in [2.24, 2.45) is 0 Å². The number of amides is 1. The predicted octanol–water partition coefficient (Wildman–Crippen LogP) is 6.37. The van der Waals surface area contributed by atoms with Gasteiger partial charge in [0.05, 0.1) is 49.0 Å². The fraction of sp³-hybridized carbons (Fsp3) is 0.211. The highest BCUT2D eigenvalue weighted by molar-refractivity contribution is 6.04. The minimum atomic E-state index is -0.846. The van der Waals surface area contributed by atoms with Crippen molar-refractivity contribution in [2.45, 2.75) is 6.42 Å². The van der Waals surface area contributed by atoms with Gasteiger partial charge in [-0.3, -0.25) is 19.5 Å². The summed E-state index contributed by atoms with van der Waals surface area (Å²) in [5.74, 6) is -0.821. The number of methoxy groups -OCH3 is 1. The number of morpholine rings is 1. The second-order valence-electron chi connectivity index (χ2n) is 11.8. The Balaban J connectivity index is 1.08. The number of pyridine rings is 1. The molecule has 0 spiro atoms. The average Bonchev–Trinajstić information content (AvgIpc) is 3.15. The minimum Gasteiger partial charge on any atom is -0.493 e. The van der Waals surface area contributed by atoms with E-state index in [1.807, 2.05) is 0 Å². The van der Waals surface area contributed by atoms with Crippen LogP contribution >= 0.6 is 0 Å². The summed E-state index contributed by atoms with van der Waals surface area (Å²) in [7, 11) is 1.54. The summed E-state index contributed by atoms with van der Waals surface area (Å²) in [5.41, 5.74) is 0.486. The summed E-state index contributed by atoms with van der Waals surface area (Å²) in [6.07, 6.45) is 2.38. The lowest BCUT2D eigenvalue weighted by molar-refractivity contribution is 0.0357. The number of fused-ring (bicyclic) bond motifs is 2. The molecule has 4 aromatic carbocycles. The molecule has 13 heteroatoms. The van der Waals surface area contributed by atoms with Gasteiger partial charge in [-0.2, -0.15) is 5.10 Å². The number of nitrogens with one attached hydrogen (secondary N) is 1. The lowest BCUT2D eigenvalue weighted by atomic mass is 10.1. The largest absolute Gasteiger partial charge is 0.493 e. The summed E-state index contributed by atoms with van der Waals surface area (Å²) in [5, 5.41) is 7.67. The van der Waals surface area contributed by atoms with Gasteiger partial charge in [-0.25, -0.2) is 13.5 Å². The summed E-state index contributed by atoms with van der Waals surface area (Å²) in [6.45, 7) is 4.71. The zero-order chi connectivity index (χ0) is 35.3. The van der Waals surface area contributed by atoms with Gasteiger partial charge < -0.3 is 24.3 Å². The maximum Gasteiger partial charge on any atom is 0.280 e. The van der Waals surface area contributed by atoms with Gasteiger partial charge in [0.15, 0.2) is 28.8 Å². The molecule has 1 saturated heterocycles. The maximum atomic E-state index is 15.5. The molecule has 7 rings (SSSR count). The Kier molecular flexibility index (Phi) is 9.81. The number of carbonyl (C=O) groups excluding carboxylic acids is 1. The Morgan fingerprint density at radius 1 is 0.902 bits per heavy atom. The van der Waals surface area contributed by atoms with Crippen molar-refractivity contribution in [3.63, 3.8) is 0 Å². The summed E-state index contributed by atoms with van der Waals surface area (Å²) < 4.78 is 53.5. The van der Waals surface area contributed by atoms with Crippen LogP contribution in [0.2, 0.25) is 0 Å². The van der Waals surface area contributed by atoms with Crippen LogP contribution in [0.4, 0.5) is 14.5 Å². The van der Waals surface area contributed by atoms with Crippen LogP contribution in [-0.2, 0) is 4.74 Å². The molecule has 2 aromatic heterocycles. The van der Waals surface area contributed by atoms with E-state index in [1.54, 1.807) is 48.7 Å². The van der Waals surface area contributed by atoms with Gasteiger partial charge in [0.25, 0.3) is 5.91 Å². The Bertz CT molecular complexity index is 2280. The van der Waals surface area contributed by atoms with Crippen molar-refractivity contribution < 1.29 is 32.5 Å². The molecular weight excluding hydrogens is 660 g/mol. The number of carbonyl (C=O) groups is 1. The van der Waals surface area contributed by atoms with Crippen LogP contribution in [0.5, 0.6) is 23.0 Å². The van der Waals surface area contributed by atoms with Gasteiger partial charge in [0, 0.05) is 49.0 Å². The third-order valence-corrected chi connectivity index (χ3v) is 8.45. The number of hydrogen-bond acceptors (Lipinski definition) is 9. The number of aromatic nitrogens is 3. The summed E-state index contributed by atoms with van der Waals surface area (Å²) in [4.78, 5) is 33.4. The molecule has 0 aliphatic carbocycles. The zero-order valence-corrected chi connectivity index (χ0v) is 27.6. The molecule has 1 amide bonds. The molecule has 1 N–H and O–H groups in total. The fourth-order valence-electron chi connectivity index (χ4n) is 5.86. The van der Waals surface area contributed by atoms with E-state index in [0.717, 1.165) is 45.3 Å². The number of hydrogen-bond donors (Lipinski definition) is 1. The van der Waals surface area contributed by atoms with Gasteiger partial charge in [-0.1, -0.05) is 12.1 Å². The van der Waals surface area contributed by atoms with E-state index in [0.29, 0.717) is 46.0 Å². The molecule has 1 aliphatic heterocycles. The smallest absolute Gasteiger partial charge is 0.280 e. The lowest BCUT2D eigenvalue weighted by Gasteiger charge is -2.26. The monoisotopic (exact) mass is 693 g/mol. The molecule has 0 bridgehead atoms. The van der Waals surface area contributed by atoms with E-state index in [4.69, 9.17) is 18.9 Å². The number of nitrogens with zero attached hydrogens (tertiary/aromatic N) is 4. The van der Waals surface area contributed by atoms with Crippen molar-refractivity contribution in [1.29, 1.82) is 0 Å². The highest BCUT2D eigenvalue weighted by Gasteiger charge is 2.20. The molecule has 1 aliphatic rings. The number of benzene rings is 4. The summed E-state index contributed by atoms with van der Waals surface area (Å²) >= 11 is 0. The number of ether oxygens (including phenoxy) is 4. The fourth-order valence-corrected chi connectivity index (χ4v) is 5.86. The summed E-state index contributed by atoms with van der Waals surface area (Å²) in [6, 6.07) is 21.1. The van der Waals surface area contributed by atoms with Crippen LogP contribution in [0.1, 0.15) is 16.9 Å². The quantitative estimate of drug-likeness (QED) is 0.155. The van der Waals surface area contributed by atoms with Crippen LogP contribution in [0, 0.1) is 11.6 Å². The minimum absolute atomic E-state index is 0.0733. The van der Waals surface area contributed by atoms with Gasteiger partial charge in [-0.15, -0.1) is 0 Å². The number of para-hydroxylation sites is 1. The molecule has 0 radical (unpaired) electrons. The molecule has 1 fully saturated rings.